The summed E-state index contributed by atoms with van der Waals surface area (Å²) in [6.07, 6.45) is 3.15. The molecule has 0 spiro atoms. The Morgan fingerprint density at radius 1 is 1.42 bits per heavy atom. The van der Waals surface area contributed by atoms with Crippen LogP contribution >= 0.6 is 0 Å². The Hall–Kier alpha value is -0.900. The van der Waals surface area contributed by atoms with Gasteiger partial charge in [-0.3, -0.25) is 0 Å². The van der Waals surface area contributed by atoms with Gasteiger partial charge in [0.1, 0.15) is 0 Å². The molecule has 0 amide bonds. The Balaban J connectivity index is 1.76. The second kappa shape index (κ2) is 7.04. The molecule has 0 aromatic heterocycles. The normalized spacial score (nSPS) is 20.9. The van der Waals surface area contributed by atoms with Crippen LogP contribution in [0.3, 0.4) is 0 Å². The van der Waals surface area contributed by atoms with Crippen LogP contribution in [0.2, 0.25) is 0 Å². The third-order valence-electron chi connectivity index (χ3n) is 3.87. The maximum absolute atomic E-state index is 10.3. The first-order chi connectivity index (χ1) is 9.16. The van der Waals surface area contributed by atoms with E-state index >= 15 is 0 Å². The van der Waals surface area contributed by atoms with Crippen molar-refractivity contribution in [1.29, 1.82) is 0 Å². The number of aliphatic hydroxyl groups is 1. The molecule has 1 saturated heterocycles. The van der Waals surface area contributed by atoms with Gasteiger partial charge in [-0.15, -0.1) is 0 Å². The van der Waals surface area contributed by atoms with Gasteiger partial charge in [0.25, 0.3) is 0 Å². The molecule has 19 heavy (non-hydrogen) atoms. The molecule has 0 saturated carbocycles. The average Bonchev–Trinajstić information content (AvgIpc) is 2.89. The molecule has 2 rings (SSSR count). The van der Waals surface area contributed by atoms with Crippen molar-refractivity contribution in [1.82, 2.24) is 4.90 Å². The molecular formula is C16H25NO2. The molecule has 3 heteroatoms. The summed E-state index contributed by atoms with van der Waals surface area (Å²) in [5.41, 5.74) is 2.21. The number of nitrogens with zero attached hydrogens (tertiary/aromatic N) is 1. The molecule has 0 aliphatic carbocycles. The average molecular weight is 263 g/mol. The second-order valence-electron chi connectivity index (χ2n) is 5.56. The van der Waals surface area contributed by atoms with Gasteiger partial charge in [0.15, 0.2) is 0 Å². The number of hydrogen-bond acceptors (Lipinski definition) is 3. The van der Waals surface area contributed by atoms with Crippen LogP contribution in [0.1, 0.15) is 36.5 Å². The molecule has 1 heterocycles. The van der Waals surface area contributed by atoms with Gasteiger partial charge in [-0.05, 0) is 44.4 Å². The lowest BCUT2D eigenvalue weighted by Crippen LogP contribution is -2.30. The standard InChI is InChI=1S/C16H25NO2/c1-13-6-3-4-8-15(13)16(18)9-10-17(2)12-14-7-5-11-19-14/h3-4,6,8,14,16,18H,5,7,9-12H2,1-2H3. The molecule has 1 fully saturated rings. The van der Waals surface area contributed by atoms with E-state index in [0.29, 0.717) is 6.10 Å². The summed E-state index contributed by atoms with van der Waals surface area (Å²) in [5.74, 6) is 0. The monoisotopic (exact) mass is 263 g/mol. The zero-order valence-electron chi connectivity index (χ0n) is 12.0. The number of hydrogen-bond donors (Lipinski definition) is 1. The molecule has 1 aromatic rings. The van der Waals surface area contributed by atoms with E-state index in [4.69, 9.17) is 4.74 Å². The second-order valence-corrected chi connectivity index (χ2v) is 5.56. The number of likely N-dealkylation sites (N-methyl/N-ethyl adjacent to an activating group) is 1. The fourth-order valence-corrected chi connectivity index (χ4v) is 2.69. The van der Waals surface area contributed by atoms with Crippen LogP contribution in [0.15, 0.2) is 24.3 Å². The molecule has 2 unspecified atom stereocenters. The molecular weight excluding hydrogens is 238 g/mol. The Morgan fingerprint density at radius 3 is 2.89 bits per heavy atom. The third-order valence-corrected chi connectivity index (χ3v) is 3.87. The summed E-state index contributed by atoms with van der Waals surface area (Å²) in [6.45, 7) is 4.83. The van der Waals surface area contributed by atoms with Gasteiger partial charge in [-0.2, -0.15) is 0 Å². The van der Waals surface area contributed by atoms with E-state index in [0.717, 1.165) is 37.2 Å². The molecule has 1 aliphatic heterocycles. The van der Waals surface area contributed by atoms with E-state index in [2.05, 4.69) is 24.9 Å². The van der Waals surface area contributed by atoms with E-state index < -0.39 is 0 Å². The number of rotatable bonds is 6. The van der Waals surface area contributed by atoms with Gasteiger partial charge in [0.2, 0.25) is 0 Å². The number of ether oxygens (including phenoxy) is 1. The molecule has 0 radical (unpaired) electrons. The zero-order valence-corrected chi connectivity index (χ0v) is 12.0. The molecule has 1 aliphatic rings. The van der Waals surface area contributed by atoms with Gasteiger partial charge in [-0.1, -0.05) is 24.3 Å². The zero-order chi connectivity index (χ0) is 13.7. The summed E-state index contributed by atoms with van der Waals surface area (Å²) < 4.78 is 5.63. The summed E-state index contributed by atoms with van der Waals surface area (Å²) in [5, 5.41) is 10.3. The summed E-state index contributed by atoms with van der Waals surface area (Å²) >= 11 is 0. The highest BCUT2D eigenvalue weighted by atomic mass is 16.5. The maximum Gasteiger partial charge on any atom is 0.0804 e. The van der Waals surface area contributed by atoms with Gasteiger partial charge < -0.3 is 14.7 Å². The first-order valence-electron chi connectivity index (χ1n) is 7.20. The highest BCUT2D eigenvalue weighted by Gasteiger charge is 2.18. The number of aliphatic hydroxyl groups excluding tert-OH is 1. The Morgan fingerprint density at radius 2 is 2.21 bits per heavy atom. The van der Waals surface area contributed by atoms with Crippen LogP contribution in [-0.2, 0) is 4.74 Å². The number of aryl methyl sites for hydroxylation is 1. The highest BCUT2D eigenvalue weighted by molar-refractivity contribution is 5.27. The van der Waals surface area contributed by atoms with Crippen LogP contribution in [0.4, 0.5) is 0 Å². The lowest BCUT2D eigenvalue weighted by Gasteiger charge is -2.22. The molecule has 1 N–H and O–H groups in total. The van der Waals surface area contributed by atoms with E-state index in [1.54, 1.807) is 0 Å². The third kappa shape index (κ3) is 4.30. The van der Waals surface area contributed by atoms with Crippen LogP contribution < -0.4 is 0 Å². The minimum absolute atomic E-state index is 0.367. The summed E-state index contributed by atoms with van der Waals surface area (Å²) in [7, 11) is 2.10. The highest BCUT2D eigenvalue weighted by Crippen LogP contribution is 2.20. The predicted octanol–water partition coefficient (Wildman–Crippen LogP) is 2.53. The van der Waals surface area contributed by atoms with Crippen LogP contribution in [0, 0.1) is 6.92 Å². The lowest BCUT2D eigenvalue weighted by atomic mass is 10.0. The van der Waals surface area contributed by atoms with E-state index in [9.17, 15) is 5.11 Å². The van der Waals surface area contributed by atoms with Crippen molar-refractivity contribution in [2.75, 3.05) is 26.7 Å². The molecule has 3 nitrogen and oxygen atoms in total. The Bertz CT molecular complexity index is 388. The van der Waals surface area contributed by atoms with Gasteiger partial charge >= 0.3 is 0 Å². The smallest absolute Gasteiger partial charge is 0.0804 e. The fraction of sp³-hybridized carbons (Fsp3) is 0.625. The maximum atomic E-state index is 10.3. The quantitative estimate of drug-likeness (QED) is 0.856. The van der Waals surface area contributed by atoms with Crippen molar-refractivity contribution in [3.63, 3.8) is 0 Å². The van der Waals surface area contributed by atoms with Crippen molar-refractivity contribution < 1.29 is 9.84 Å². The molecule has 2 atom stereocenters. The first-order valence-corrected chi connectivity index (χ1v) is 7.20. The van der Waals surface area contributed by atoms with Gasteiger partial charge in [0, 0.05) is 19.7 Å². The topological polar surface area (TPSA) is 32.7 Å². The van der Waals surface area contributed by atoms with Crippen molar-refractivity contribution in [3.05, 3.63) is 35.4 Å². The summed E-state index contributed by atoms with van der Waals surface area (Å²) in [4.78, 5) is 2.26. The van der Waals surface area contributed by atoms with Crippen molar-refractivity contribution in [3.8, 4) is 0 Å². The Labute approximate surface area is 116 Å². The lowest BCUT2D eigenvalue weighted by molar-refractivity contribution is 0.0739. The van der Waals surface area contributed by atoms with Crippen LogP contribution in [0.25, 0.3) is 0 Å². The predicted molar refractivity (Wildman–Crippen MR) is 77.2 cm³/mol. The molecule has 106 valence electrons. The molecule has 0 bridgehead atoms. The van der Waals surface area contributed by atoms with Crippen LogP contribution in [-0.4, -0.2) is 42.9 Å². The van der Waals surface area contributed by atoms with Gasteiger partial charge in [0.05, 0.1) is 12.2 Å². The van der Waals surface area contributed by atoms with E-state index in [-0.39, 0.29) is 6.10 Å². The minimum atomic E-state index is -0.367. The van der Waals surface area contributed by atoms with E-state index in [1.807, 2.05) is 18.2 Å². The van der Waals surface area contributed by atoms with E-state index in [1.165, 1.54) is 12.8 Å². The number of benzene rings is 1. The van der Waals surface area contributed by atoms with Crippen molar-refractivity contribution in [2.45, 2.75) is 38.4 Å². The largest absolute Gasteiger partial charge is 0.388 e. The van der Waals surface area contributed by atoms with Crippen molar-refractivity contribution >= 4 is 0 Å². The van der Waals surface area contributed by atoms with Gasteiger partial charge in [-0.25, -0.2) is 0 Å². The Kier molecular flexibility index (Phi) is 5.37. The SMILES string of the molecule is Cc1ccccc1C(O)CCN(C)CC1CCCO1. The first kappa shape index (κ1) is 14.5. The van der Waals surface area contributed by atoms with Crippen molar-refractivity contribution in [2.24, 2.45) is 0 Å². The molecule has 1 aromatic carbocycles. The summed E-state index contributed by atoms with van der Waals surface area (Å²) in [6, 6.07) is 8.06. The van der Waals surface area contributed by atoms with Crippen LogP contribution in [0.5, 0.6) is 0 Å². The minimum Gasteiger partial charge on any atom is -0.388 e. The fourth-order valence-electron chi connectivity index (χ4n) is 2.69.